The van der Waals surface area contributed by atoms with Gasteiger partial charge in [0.1, 0.15) is 11.4 Å². The number of carboxylic acids is 1. The van der Waals surface area contributed by atoms with Crippen molar-refractivity contribution in [3.63, 3.8) is 0 Å². The first-order chi connectivity index (χ1) is 9.47. The van der Waals surface area contributed by atoms with Gasteiger partial charge < -0.3 is 10.4 Å². The normalized spacial score (nSPS) is 25.8. The Kier molecular flexibility index (Phi) is 3.93. The minimum atomic E-state index is -1.12. The highest BCUT2D eigenvalue weighted by atomic mass is 19.1. The Morgan fingerprint density at radius 3 is 2.90 bits per heavy atom. The maximum atomic E-state index is 13.9. The summed E-state index contributed by atoms with van der Waals surface area (Å²) in [6.45, 7) is 2.01. The number of aliphatic carboxylic acids is 1. The number of halogens is 1. The summed E-state index contributed by atoms with van der Waals surface area (Å²) in [5.41, 5.74) is -0.762. The average molecular weight is 276 g/mol. The van der Waals surface area contributed by atoms with Gasteiger partial charge in [0.05, 0.1) is 17.3 Å². The fourth-order valence-electron chi connectivity index (χ4n) is 2.86. The van der Waals surface area contributed by atoms with Gasteiger partial charge in [0, 0.05) is 0 Å². The molecule has 1 aromatic carbocycles. The predicted octanol–water partition coefficient (Wildman–Crippen LogP) is 3.14. The first kappa shape index (κ1) is 14.3. The number of rotatable bonds is 3. The van der Waals surface area contributed by atoms with Crippen LogP contribution in [0.2, 0.25) is 0 Å². The van der Waals surface area contributed by atoms with Gasteiger partial charge in [0.15, 0.2) is 0 Å². The average Bonchev–Trinajstić information content (AvgIpc) is 2.41. The minimum absolute atomic E-state index is 0.139. The predicted molar refractivity (Wildman–Crippen MR) is 72.7 cm³/mol. The van der Waals surface area contributed by atoms with Crippen LogP contribution < -0.4 is 5.32 Å². The Balaban J connectivity index is 2.29. The number of anilines is 1. The lowest BCUT2D eigenvalue weighted by molar-refractivity contribution is -0.144. The lowest BCUT2D eigenvalue weighted by Gasteiger charge is -2.38. The van der Waals surface area contributed by atoms with Gasteiger partial charge >= 0.3 is 5.97 Å². The summed E-state index contributed by atoms with van der Waals surface area (Å²) in [4.78, 5) is 11.6. The fraction of sp³-hybridized carbons (Fsp3) is 0.467. The molecular formula is C15H17FN2O2. The number of hydrogen-bond donors (Lipinski definition) is 2. The lowest BCUT2D eigenvalue weighted by Crippen LogP contribution is -2.49. The van der Waals surface area contributed by atoms with Crippen LogP contribution >= 0.6 is 0 Å². The Morgan fingerprint density at radius 1 is 1.60 bits per heavy atom. The van der Waals surface area contributed by atoms with Crippen LogP contribution in [-0.4, -0.2) is 16.6 Å². The third kappa shape index (κ3) is 2.74. The zero-order valence-corrected chi connectivity index (χ0v) is 11.3. The molecule has 2 atom stereocenters. The summed E-state index contributed by atoms with van der Waals surface area (Å²) in [6.07, 6.45) is 2.75. The SMILES string of the molecule is CC1CCCC(Nc2ccc(C#N)cc2F)(C(=O)O)C1. The van der Waals surface area contributed by atoms with Crippen molar-refractivity contribution in [3.8, 4) is 6.07 Å². The van der Waals surface area contributed by atoms with E-state index in [0.29, 0.717) is 12.8 Å². The number of carboxylic acid groups (broad SMARTS) is 1. The minimum Gasteiger partial charge on any atom is -0.480 e. The maximum Gasteiger partial charge on any atom is 0.329 e. The fourth-order valence-corrected chi connectivity index (χ4v) is 2.86. The van der Waals surface area contributed by atoms with E-state index in [4.69, 9.17) is 5.26 Å². The molecule has 20 heavy (non-hydrogen) atoms. The van der Waals surface area contributed by atoms with Crippen LogP contribution in [0.5, 0.6) is 0 Å². The van der Waals surface area contributed by atoms with Crippen molar-refractivity contribution in [2.24, 2.45) is 5.92 Å². The summed E-state index contributed by atoms with van der Waals surface area (Å²) in [7, 11) is 0. The molecule has 1 fully saturated rings. The van der Waals surface area contributed by atoms with E-state index in [9.17, 15) is 14.3 Å². The zero-order valence-electron chi connectivity index (χ0n) is 11.3. The number of benzene rings is 1. The highest BCUT2D eigenvalue weighted by Gasteiger charge is 2.42. The molecular weight excluding hydrogens is 259 g/mol. The molecule has 2 rings (SSSR count). The Morgan fingerprint density at radius 2 is 2.35 bits per heavy atom. The molecule has 0 aliphatic heterocycles. The van der Waals surface area contributed by atoms with E-state index in [1.807, 2.05) is 13.0 Å². The zero-order chi connectivity index (χ0) is 14.8. The van der Waals surface area contributed by atoms with Crippen molar-refractivity contribution in [3.05, 3.63) is 29.6 Å². The van der Waals surface area contributed by atoms with E-state index < -0.39 is 17.3 Å². The van der Waals surface area contributed by atoms with Crippen molar-refractivity contribution in [1.29, 1.82) is 5.26 Å². The smallest absolute Gasteiger partial charge is 0.329 e. The summed E-state index contributed by atoms with van der Waals surface area (Å²) in [5.74, 6) is -1.26. The Bertz CT molecular complexity index is 567. The molecule has 0 radical (unpaired) electrons. The quantitative estimate of drug-likeness (QED) is 0.889. The van der Waals surface area contributed by atoms with Gasteiger partial charge in [0.2, 0.25) is 0 Å². The van der Waals surface area contributed by atoms with Crippen molar-refractivity contribution in [2.45, 2.75) is 38.1 Å². The molecule has 0 aromatic heterocycles. The Hall–Kier alpha value is -2.09. The van der Waals surface area contributed by atoms with Crippen molar-refractivity contribution in [2.75, 3.05) is 5.32 Å². The standard InChI is InChI=1S/C15H17FN2O2/c1-10-3-2-6-15(8-10,14(19)20)18-13-5-4-11(9-17)7-12(13)16/h4-5,7,10,18H,2-3,6,8H2,1H3,(H,19,20). The molecule has 2 N–H and O–H groups in total. The first-order valence-electron chi connectivity index (χ1n) is 6.68. The topological polar surface area (TPSA) is 73.1 Å². The Labute approximate surface area is 117 Å². The number of nitrogens with zero attached hydrogens (tertiary/aromatic N) is 1. The molecule has 1 aliphatic carbocycles. The molecule has 1 aromatic rings. The monoisotopic (exact) mass is 276 g/mol. The van der Waals surface area contributed by atoms with E-state index in [0.717, 1.165) is 18.9 Å². The second-order valence-corrected chi connectivity index (χ2v) is 5.52. The van der Waals surface area contributed by atoms with Crippen LogP contribution in [0.3, 0.4) is 0 Å². The van der Waals surface area contributed by atoms with E-state index in [-0.39, 0.29) is 17.2 Å². The summed E-state index contributed by atoms with van der Waals surface area (Å²) >= 11 is 0. The molecule has 1 saturated carbocycles. The van der Waals surface area contributed by atoms with Gasteiger partial charge in [0.25, 0.3) is 0 Å². The van der Waals surface area contributed by atoms with Gasteiger partial charge in [-0.3, -0.25) is 0 Å². The van der Waals surface area contributed by atoms with Gasteiger partial charge in [-0.15, -0.1) is 0 Å². The van der Waals surface area contributed by atoms with Gasteiger partial charge in [-0.1, -0.05) is 19.8 Å². The molecule has 4 nitrogen and oxygen atoms in total. The number of hydrogen-bond acceptors (Lipinski definition) is 3. The van der Waals surface area contributed by atoms with Crippen LogP contribution in [0, 0.1) is 23.1 Å². The maximum absolute atomic E-state index is 13.9. The summed E-state index contributed by atoms with van der Waals surface area (Å²) < 4.78 is 13.9. The highest BCUT2D eigenvalue weighted by Crippen LogP contribution is 2.36. The van der Waals surface area contributed by atoms with Crippen molar-refractivity contribution in [1.82, 2.24) is 0 Å². The molecule has 0 heterocycles. The molecule has 0 amide bonds. The van der Waals surface area contributed by atoms with Gasteiger partial charge in [-0.05, 0) is 37.0 Å². The number of carbonyl (C=O) groups is 1. The van der Waals surface area contributed by atoms with E-state index >= 15 is 0 Å². The van der Waals surface area contributed by atoms with E-state index in [2.05, 4.69) is 5.32 Å². The first-order valence-corrected chi connectivity index (χ1v) is 6.68. The molecule has 106 valence electrons. The molecule has 2 unspecified atom stereocenters. The molecule has 0 spiro atoms. The second-order valence-electron chi connectivity index (χ2n) is 5.52. The van der Waals surface area contributed by atoms with Gasteiger partial charge in [-0.2, -0.15) is 5.26 Å². The molecule has 1 aliphatic rings. The molecule has 0 saturated heterocycles. The van der Waals surface area contributed by atoms with Crippen LogP contribution in [0.15, 0.2) is 18.2 Å². The summed E-state index contributed by atoms with van der Waals surface area (Å²) in [5, 5.41) is 21.1. The highest BCUT2D eigenvalue weighted by molar-refractivity contribution is 5.83. The van der Waals surface area contributed by atoms with Gasteiger partial charge in [-0.25, -0.2) is 9.18 Å². The van der Waals surface area contributed by atoms with Crippen molar-refractivity contribution < 1.29 is 14.3 Å². The van der Waals surface area contributed by atoms with Crippen LogP contribution in [-0.2, 0) is 4.79 Å². The van der Waals surface area contributed by atoms with Crippen LogP contribution in [0.25, 0.3) is 0 Å². The van der Waals surface area contributed by atoms with E-state index in [1.165, 1.54) is 12.1 Å². The molecule has 5 heteroatoms. The van der Waals surface area contributed by atoms with E-state index in [1.54, 1.807) is 0 Å². The molecule has 0 bridgehead atoms. The van der Waals surface area contributed by atoms with Crippen LogP contribution in [0.1, 0.15) is 38.2 Å². The lowest BCUT2D eigenvalue weighted by atomic mass is 9.76. The third-order valence-electron chi connectivity index (χ3n) is 3.88. The second kappa shape index (κ2) is 5.49. The largest absolute Gasteiger partial charge is 0.480 e. The van der Waals surface area contributed by atoms with Crippen LogP contribution in [0.4, 0.5) is 10.1 Å². The number of nitriles is 1. The number of nitrogens with one attached hydrogen (secondary N) is 1. The van der Waals surface area contributed by atoms with Crippen molar-refractivity contribution >= 4 is 11.7 Å². The summed E-state index contributed by atoms with van der Waals surface area (Å²) in [6, 6.07) is 5.88. The third-order valence-corrected chi connectivity index (χ3v) is 3.88.